The molecule has 1 saturated heterocycles. The number of nitrogens with one attached hydrogen (secondary N) is 1. The molecule has 5 N–H and O–H groups in total. The molecule has 1 aromatic carbocycles. The van der Waals surface area contributed by atoms with Gasteiger partial charge in [0.15, 0.2) is 0 Å². The van der Waals surface area contributed by atoms with Crippen LogP contribution in [0.2, 0.25) is 0 Å². The van der Waals surface area contributed by atoms with Gasteiger partial charge in [0.05, 0.1) is 0 Å². The van der Waals surface area contributed by atoms with E-state index in [-0.39, 0.29) is 11.4 Å². The topological polar surface area (TPSA) is 133 Å². The molecule has 2 amide bonds. The highest BCUT2D eigenvalue weighted by molar-refractivity contribution is 8.00. The maximum atomic E-state index is 12.6. The lowest BCUT2D eigenvalue weighted by Crippen LogP contribution is -2.71. The summed E-state index contributed by atoms with van der Waals surface area (Å²) in [6, 6.07) is 4.08. The Morgan fingerprint density at radius 2 is 2.07 bits per heavy atom. The molecule has 9 heteroatoms. The summed E-state index contributed by atoms with van der Waals surface area (Å²) in [7, 11) is 0. The highest BCUT2D eigenvalue weighted by atomic mass is 32.2. The minimum atomic E-state index is -1.15. The number of hydrogen-bond acceptors (Lipinski definition) is 6. The number of benzene rings is 1. The number of aromatic hydroxyl groups is 1. The van der Waals surface area contributed by atoms with Crippen LogP contribution in [0, 0.1) is 0 Å². The zero-order valence-corrected chi connectivity index (χ0v) is 16.0. The maximum absolute atomic E-state index is 12.6. The van der Waals surface area contributed by atoms with Gasteiger partial charge in [-0.2, -0.15) is 0 Å². The molecule has 0 saturated carbocycles. The molecule has 0 radical (unpaired) electrons. The molecule has 28 heavy (non-hydrogen) atoms. The van der Waals surface area contributed by atoms with Crippen LogP contribution < -0.4 is 11.1 Å². The van der Waals surface area contributed by atoms with E-state index < -0.39 is 35.2 Å². The van der Waals surface area contributed by atoms with E-state index in [0.717, 1.165) is 0 Å². The normalized spacial score (nSPS) is 22.6. The predicted molar refractivity (Wildman–Crippen MR) is 104 cm³/mol. The summed E-state index contributed by atoms with van der Waals surface area (Å²) in [4.78, 5) is 38.0. The lowest BCUT2D eigenvalue weighted by molar-refractivity contribution is -0.150. The third kappa shape index (κ3) is 3.63. The molecule has 0 aliphatic carbocycles. The van der Waals surface area contributed by atoms with Gasteiger partial charge < -0.3 is 21.3 Å². The molecule has 0 spiro atoms. The van der Waals surface area contributed by atoms with Crippen molar-refractivity contribution in [2.45, 2.75) is 30.8 Å². The van der Waals surface area contributed by atoms with Crippen LogP contribution in [0.1, 0.15) is 24.9 Å². The standard InChI is InChI=1S/C19H21N3O5S/c1-2-3-4-11-9-28-18-14(17(25)22(18)15(11)19(26)27)21-16(24)13(20)10-5-7-12(23)8-6-10/h2-3,5-8,13-14,18,23H,4,9,20H2,1H3,(H,21,24)(H,26,27)/b3-2-/t13-,14?,18-/m1/s1. The van der Waals surface area contributed by atoms with E-state index in [1.165, 1.54) is 40.9 Å². The molecule has 8 nitrogen and oxygen atoms in total. The lowest BCUT2D eigenvalue weighted by atomic mass is 10.00. The van der Waals surface area contributed by atoms with Crippen LogP contribution in [0.25, 0.3) is 0 Å². The van der Waals surface area contributed by atoms with Crippen LogP contribution in [0.5, 0.6) is 5.75 Å². The number of allylic oxidation sites excluding steroid dienone is 2. The van der Waals surface area contributed by atoms with Crippen molar-refractivity contribution >= 4 is 29.5 Å². The predicted octanol–water partition coefficient (Wildman–Crippen LogP) is 1.10. The number of nitrogens with zero attached hydrogens (tertiary/aromatic N) is 1. The van der Waals surface area contributed by atoms with Crippen molar-refractivity contribution in [3.8, 4) is 5.75 Å². The highest BCUT2D eigenvalue weighted by Crippen LogP contribution is 2.41. The number of carboxylic acid groups (broad SMARTS) is 1. The Bertz CT molecular complexity index is 865. The zero-order chi connectivity index (χ0) is 20.4. The van der Waals surface area contributed by atoms with Crippen LogP contribution in [0.3, 0.4) is 0 Å². The number of phenolic OH excluding ortho intramolecular Hbond substituents is 1. The summed E-state index contributed by atoms with van der Waals surface area (Å²) in [5, 5.41) is 21.0. The van der Waals surface area contributed by atoms with E-state index in [1.807, 2.05) is 19.1 Å². The monoisotopic (exact) mass is 403 g/mol. The average Bonchev–Trinajstić information content (AvgIpc) is 2.69. The average molecular weight is 403 g/mol. The van der Waals surface area contributed by atoms with Crippen molar-refractivity contribution in [3.63, 3.8) is 0 Å². The van der Waals surface area contributed by atoms with Crippen molar-refractivity contribution in [1.29, 1.82) is 0 Å². The third-order valence-electron chi connectivity index (χ3n) is 4.68. The minimum absolute atomic E-state index is 0.000169. The molecule has 0 aromatic heterocycles. The molecule has 2 aliphatic heterocycles. The first kappa shape index (κ1) is 20.0. The first-order chi connectivity index (χ1) is 13.3. The number of carbonyl (C=O) groups is 3. The van der Waals surface area contributed by atoms with Crippen LogP contribution in [-0.2, 0) is 14.4 Å². The molecule has 1 aromatic rings. The number of aliphatic carboxylic acids is 1. The van der Waals surface area contributed by atoms with Crippen molar-refractivity contribution < 1.29 is 24.6 Å². The summed E-state index contributed by atoms with van der Waals surface area (Å²) in [6.45, 7) is 1.84. The largest absolute Gasteiger partial charge is 0.508 e. The van der Waals surface area contributed by atoms with Gasteiger partial charge >= 0.3 is 5.97 Å². The Morgan fingerprint density at radius 3 is 2.68 bits per heavy atom. The van der Waals surface area contributed by atoms with Gasteiger partial charge in [-0.25, -0.2) is 4.79 Å². The molecular formula is C19H21N3O5S. The molecule has 1 unspecified atom stereocenters. The second kappa shape index (κ2) is 8.07. The van der Waals surface area contributed by atoms with Gasteiger partial charge in [-0.3, -0.25) is 14.5 Å². The van der Waals surface area contributed by atoms with Gasteiger partial charge in [0.25, 0.3) is 5.91 Å². The second-order valence-corrected chi connectivity index (χ2v) is 7.60. The van der Waals surface area contributed by atoms with Crippen LogP contribution in [-0.4, -0.2) is 50.1 Å². The van der Waals surface area contributed by atoms with Gasteiger partial charge in [-0.05, 0) is 36.6 Å². The summed E-state index contributed by atoms with van der Waals surface area (Å²) in [5.74, 6) is -1.62. The number of amides is 2. The van der Waals surface area contributed by atoms with Crippen molar-refractivity contribution in [2.75, 3.05) is 5.75 Å². The fourth-order valence-corrected chi connectivity index (χ4v) is 4.54. The number of carboxylic acids is 1. The SMILES string of the molecule is C/C=C\CC1=C(C(=O)O)N2C(=O)C(NC(=O)[C@H](N)c3ccc(O)cc3)[C@H]2SC1. The van der Waals surface area contributed by atoms with Gasteiger partial charge in [0.2, 0.25) is 5.91 Å². The number of thioether (sulfide) groups is 1. The molecule has 2 heterocycles. The van der Waals surface area contributed by atoms with Crippen LogP contribution in [0.15, 0.2) is 47.7 Å². The second-order valence-electron chi connectivity index (χ2n) is 6.50. The quantitative estimate of drug-likeness (QED) is 0.413. The summed E-state index contributed by atoms with van der Waals surface area (Å²) < 4.78 is 0. The first-order valence-electron chi connectivity index (χ1n) is 8.71. The van der Waals surface area contributed by atoms with E-state index in [1.54, 1.807) is 0 Å². The first-order valence-corrected chi connectivity index (χ1v) is 9.76. The van der Waals surface area contributed by atoms with Gasteiger partial charge in [0, 0.05) is 5.75 Å². The fraction of sp³-hybridized carbons (Fsp3) is 0.316. The Kier molecular flexibility index (Phi) is 5.76. The van der Waals surface area contributed by atoms with Gasteiger partial charge in [-0.15, -0.1) is 11.8 Å². The van der Waals surface area contributed by atoms with E-state index >= 15 is 0 Å². The number of phenols is 1. The Labute approximate surface area is 166 Å². The van der Waals surface area contributed by atoms with Gasteiger partial charge in [0.1, 0.15) is 28.9 Å². The Morgan fingerprint density at radius 1 is 1.39 bits per heavy atom. The summed E-state index contributed by atoms with van der Waals surface area (Å²) >= 11 is 1.42. The lowest BCUT2D eigenvalue weighted by Gasteiger charge is -2.49. The van der Waals surface area contributed by atoms with E-state index in [9.17, 15) is 24.6 Å². The third-order valence-corrected chi connectivity index (χ3v) is 6.02. The van der Waals surface area contributed by atoms with E-state index in [4.69, 9.17) is 5.73 Å². The van der Waals surface area contributed by atoms with E-state index in [2.05, 4.69) is 5.32 Å². The Balaban J connectivity index is 1.73. The number of carbonyl (C=O) groups excluding carboxylic acids is 2. The summed E-state index contributed by atoms with van der Waals surface area (Å²) in [6.07, 6.45) is 4.14. The van der Waals surface area contributed by atoms with Crippen molar-refractivity contribution in [3.05, 3.63) is 53.3 Å². The molecule has 2 aliphatic rings. The van der Waals surface area contributed by atoms with E-state index in [0.29, 0.717) is 23.3 Å². The number of nitrogens with two attached hydrogens (primary N) is 1. The number of β-lactam (4-membered cyclic amide) rings is 1. The highest BCUT2D eigenvalue weighted by Gasteiger charge is 2.54. The molecular weight excluding hydrogens is 382 g/mol. The molecule has 0 bridgehead atoms. The van der Waals surface area contributed by atoms with Crippen LogP contribution in [0.4, 0.5) is 0 Å². The molecule has 3 rings (SSSR count). The molecule has 1 fully saturated rings. The van der Waals surface area contributed by atoms with Crippen LogP contribution >= 0.6 is 11.8 Å². The zero-order valence-electron chi connectivity index (χ0n) is 15.2. The smallest absolute Gasteiger partial charge is 0.352 e. The minimum Gasteiger partial charge on any atom is -0.508 e. The number of rotatable bonds is 6. The maximum Gasteiger partial charge on any atom is 0.352 e. The van der Waals surface area contributed by atoms with Crippen molar-refractivity contribution in [2.24, 2.45) is 5.73 Å². The molecule has 148 valence electrons. The fourth-order valence-electron chi connectivity index (χ4n) is 3.18. The number of hydrogen-bond donors (Lipinski definition) is 4. The molecule has 3 atom stereocenters. The number of fused-ring (bicyclic) bond motifs is 1. The van der Waals surface area contributed by atoms with Crippen molar-refractivity contribution in [1.82, 2.24) is 10.2 Å². The van der Waals surface area contributed by atoms with Gasteiger partial charge in [-0.1, -0.05) is 24.3 Å². The Hall–Kier alpha value is -2.78. The summed E-state index contributed by atoms with van der Waals surface area (Å²) in [5.41, 5.74) is 7.11.